The number of hydrogen-bond donors (Lipinski definition) is 1. The van der Waals surface area contributed by atoms with Gasteiger partial charge in [-0.1, -0.05) is 30.3 Å². The summed E-state index contributed by atoms with van der Waals surface area (Å²) in [7, 11) is 0. The lowest BCUT2D eigenvalue weighted by Gasteiger charge is -2.25. The lowest BCUT2D eigenvalue weighted by molar-refractivity contribution is -0.148. The van der Waals surface area contributed by atoms with Crippen LogP contribution in [0.2, 0.25) is 0 Å². The number of carbonyl (C=O) groups is 3. The third kappa shape index (κ3) is 8.07. The van der Waals surface area contributed by atoms with Gasteiger partial charge in [0, 0.05) is 13.3 Å². The standard InChI is InChI=1S/C18H25NO5S/c1-12(20)23-16(25-5)15(21)14(11-13-9-7-6-8-10-13)19-17(22)24-18(2,3)4/h6-10,14,16H,11H2,1-5H3,(H,19,22). The summed E-state index contributed by atoms with van der Waals surface area (Å²) in [6, 6.07) is 8.42. The second kappa shape index (κ2) is 9.46. The van der Waals surface area contributed by atoms with E-state index in [2.05, 4.69) is 5.32 Å². The predicted octanol–water partition coefficient (Wildman–Crippen LogP) is 2.94. The topological polar surface area (TPSA) is 81.7 Å². The number of esters is 1. The number of ether oxygens (including phenoxy) is 2. The van der Waals surface area contributed by atoms with Crippen molar-refractivity contribution in [2.75, 3.05) is 6.26 Å². The van der Waals surface area contributed by atoms with Crippen molar-refractivity contribution in [1.82, 2.24) is 5.32 Å². The van der Waals surface area contributed by atoms with E-state index in [0.29, 0.717) is 0 Å². The molecule has 1 amide bonds. The summed E-state index contributed by atoms with van der Waals surface area (Å²) in [6.07, 6.45) is 1.25. The zero-order valence-corrected chi connectivity index (χ0v) is 16.0. The van der Waals surface area contributed by atoms with Crippen LogP contribution in [0.3, 0.4) is 0 Å². The Balaban J connectivity index is 2.95. The number of rotatable bonds is 7. The highest BCUT2D eigenvalue weighted by Gasteiger charge is 2.31. The number of ketones is 1. The number of carbonyl (C=O) groups excluding carboxylic acids is 3. The van der Waals surface area contributed by atoms with Crippen molar-refractivity contribution in [3.63, 3.8) is 0 Å². The van der Waals surface area contributed by atoms with Crippen LogP contribution in [-0.2, 0) is 25.5 Å². The number of alkyl carbamates (subject to hydrolysis) is 1. The van der Waals surface area contributed by atoms with E-state index in [1.807, 2.05) is 30.3 Å². The van der Waals surface area contributed by atoms with Gasteiger partial charge < -0.3 is 14.8 Å². The molecular formula is C18H25NO5S. The number of hydrogen-bond acceptors (Lipinski definition) is 6. The second-order valence-corrected chi connectivity index (χ2v) is 7.37. The van der Waals surface area contributed by atoms with Gasteiger partial charge in [-0.15, -0.1) is 11.8 Å². The average Bonchev–Trinajstić information content (AvgIpc) is 2.50. The summed E-state index contributed by atoms with van der Waals surface area (Å²) in [5, 5.41) is 2.59. The van der Waals surface area contributed by atoms with Gasteiger partial charge in [0.1, 0.15) is 5.60 Å². The Morgan fingerprint density at radius 1 is 1.16 bits per heavy atom. The van der Waals surface area contributed by atoms with Crippen molar-refractivity contribution in [3.05, 3.63) is 35.9 Å². The molecule has 0 radical (unpaired) electrons. The largest absolute Gasteiger partial charge is 0.444 e. The molecule has 138 valence electrons. The van der Waals surface area contributed by atoms with E-state index < -0.39 is 34.9 Å². The van der Waals surface area contributed by atoms with Crippen LogP contribution in [0.25, 0.3) is 0 Å². The van der Waals surface area contributed by atoms with E-state index in [4.69, 9.17) is 9.47 Å². The van der Waals surface area contributed by atoms with Gasteiger partial charge in [-0.2, -0.15) is 0 Å². The van der Waals surface area contributed by atoms with E-state index in [9.17, 15) is 14.4 Å². The van der Waals surface area contributed by atoms with Crippen LogP contribution in [-0.4, -0.2) is 41.2 Å². The molecule has 0 saturated carbocycles. The molecule has 1 aromatic rings. The molecule has 0 saturated heterocycles. The number of Topliss-reactive ketones (excluding diaryl/α,β-unsaturated/α-hetero) is 1. The molecular weight excluding hydrogens is 342 g/mol. The Kier molecular flexibility index (Phi) is 7.96. The molecule has 1 rings (SSSR count). The molecule has 1 N–H and O–H groups in total. The third-order valence-electron chi connectivity index (χ3n) is 3.04. The number of benzene rings is 1. The highest BCUT2D eigenvalue weighted by molar-refractivity contribution is 7.99. The van der Waals surface area contributed by atoms with Crippen LogP contribution in [0.15, 0.2) is 30.3 Å². The first-order valence-corrected chi connectivity index (χ1v) is 9.18. The molecule has 0 spiro atoms. The van der Waals surface area contributed by atoms with E-state index in [0.717, 1.165) is 17.3 Å². The molecule has 0 heterocycles. The minimum absolute atomic E-state index is 0.275. The Bertz CT molecular complexity index is 597. The average molecular weight is 367 g/mol. The number of thioether (sulfide) groups is 1. The summed E-state index contributed by atoms with van der Waals surface area (Å²) < 4.78 is 10.3. The van der Waals surface area contributed by atoms with Crippen molar-refractivity contribution in [1.29, 1.82) is 0 Å². The van der Waals surface area contributed by atoms with Crippen LogP contribution < -0.4 is 5.32 Å². The van der Waals surface area contributed by atoms with Crippen LogP contribution in [0, 0.1) is 0 Å². The Morgan fingerprint density at radius 2 is 1.76 bits per heavy atom. The summed E-state index contributed by atoms with van der Waals surface area (Å²) in [4.78, 5) is 36.1. The van der Waals surface area contributed by atoms with Gasteiger partial charge in [0.05, 0.1) is 6.04 Å². The molecule has 1 aromatic carbocycles. The smallest absolute Gasteiger partial charge is 0.408 e. The fourth-order valence-electron chi connectivity index (χ4n) is 2.06. The Morgan fingerprint density at radius 3 is 2.24 bits per heavy atom. The minimum atomic E-state index is -0.985. The predicted molar refractivity (Wildman–Crippen MR) is 97.4 cm³/mol. The lowest BCUT2D eigenvalue weighted by atomic mass is 10.0. The van der Waals surface area contributed by atoms with E-state index >= 15 is 0 Å². The SMILES string of the molecule is CSC(OC(C)=O)C(=O)C(Cc1ccccc1)NC(=O)OC(C)(C)C. The van der Waals surface area contributed by atoms with Gasteiger partial charge in [-0.25, -0.2) is 4.79 Å². The third-order valence-corrected chi connectivity index (χ3v) is 3.79. The van der Waals surface area contributed by atoms with Gasteiger partial charge in [-0.3, -0.25) is 9.59 Å². The molecule has 25 heavy (non-hydrogen) atoms. The molecule has 0 bridgehead atoms. The highest BCUT2D eigenvalue weighted by atomic mass is 32.2. The monoisotopic (exact) mass is 367 g/mol. The van der Waals surface area contributed by atoms with Gasteiger partial charge in [0.25, 0.3) is 0 Å². The molecule has 0 aliphatic carbocycles. The molecule has 6 nitrogen and oxygen atoms in total. The van der Waals surface area contributed by atoms with Gasteiger partial charge >= 0.3 is 12.1 Å². The van der Waals surface area contributed by atoms with E-state index in [-0.39, 0.29) is 6.42 Å². The van der Waals surface area contributed by atoms with Crippen molar-refractivity contribution < 1.29 is 23.9 Å². The Hall–Kier alpha value is -2.02. The maximum Gasteiger partial charge on any atom is 0.408 e. The van der Waals surface area contributed by atoms with E-state index in [1.165, 1.54) is 6.92 Å². The highest BCUT2D eigenvalue weighted by Crippen LogP contribution is 2.16. The molecule has 2 unspecified atom stereocenters. The number of amides is 1. The zero-order chi connectivity index (χ0) is 19.0. The summed E-state index contributed by atoms with van der Waals surface area (Å²) in [6.45, 7) is 6.46. The summed E-state index contributed by atoms with van der Waals surface area (Å²) >= 11 is 1.10. The van der Waals surface area contributed by atoms with Gasteiger partial charge in [0.15, 0.2) is 0 Å². The van der Waals surface area contributed by atoms with Crippen LogP contribution in [0.4, 0.5) is 4.79 Å². The van der Waals surface area contributed by atoms with Crippen molar-refractivity contribution in [2.24, 2.45) is 0 Å². The molecule has 0 fully saturated rings. The van der Waals surface area contributed by atoms with Gasteiger partial charge in [0.2, 0.25) is 11.2 Å². The normalized spacial score (nSPS) is 13.5. The molecule has 2 atom stereocenters. The van der Waals surface area contributed by atoms with Crippen molar-refractivity contribution in [3.8, 4) is 0 Å². The first-order valence-electron chi connectivity index (χ1n) is 7.89. The second-order valence-electron chi connectivity index (χ2n) is 6.47. The van der Waals surface area contributed by atoms with E-state index in [1.54, 1.807) is 27.0 Å². The maximum absolute atomic E-state index is 12.7. The molecule has 7 heteroatoms. The Labute approximate surface area is 152 Å². The fraction of sp³-hybridized carbons (Fsp3) is 0.500. The van der Waals surface area contributed by atoms with Gasteiger partial charge in [-0.05, 0) is 32.6 Å². The maximum atomic E-state index is 12.7. The van der Waals surface area contributed by atoms with Crippen LogP contribution in [0.5, 0.6) is 0 Å². The first-order chi connectivity index (χ1) is 11.6. The minimum Gasteiger partial charge on any atom is -0.444 e. The first kappa shape index (κ1) is 21.0. The zero-order valence-electron chi connectivity index (χ0n) is 15.2. The number of nitrogens with one attached hydrogen (secondary N) is 1. The van der Waals surface area contributed by atoms with Crippen molar-refractivity contribution in [2.45, 2.75) is 51.2 Å². The fourth-order valence-corrected chi connectivity index (χ4v) is 2.69. The van der Waals surface area contributed by atoms with Crippen LogP contribution in [0.1, 0.15) is 33.3 Å². The summed E-state index contributed by atoms with van der Waals surface area (Å²) in [5.74, 6) is -0.944. The molecule has 0 aliphatic rings. The lowest BCUT2D eigenvalue weighted by Crippen LogP contribution is -2.48. The quantitative estimate of drug-likeness (QED) is 0.589. The summed E-state index contributed by atoms with van der Waals surface area (Å²) in [5.41, 5.74) is -0.792. The van der Waals surface area contributed by atoms with Crippen LogP contribution >= 0.6 is 11.8 Å². The molecule has 0 aliphatic heterocycles. The van der Waals surface area contributed by atoms with Crippen molar-refractivity contribution >= 4 is 29.6 Å². The molecule has 0 aromatic heterocycles.